The molecule has 2 rings (SSSR count). The van der Waals surface area contributed by atoms with Crippen molar-refractivity contribution in [1.82, 2.24) is 9.55 Å². The predicted octanol–water partition coefficient (Wildman–Crippen LogP) is 2.73. The summed E-state index contributed by atoms with van der Waals surface area (Å²) < 4.78 is 2.04. The summed E-state index contributed by atoms with van der Waals surface area (Å²) in [5.41, 5.74) is 2.24. The normalized spacial score (nSPS) is 10.5. The van der Waals surface area contributed by atoms with Gasteiger partial charge in [0.15, 0.2) is 0 Å². The summed E-state index contributed by atoms with van der Waals surface area (Å²) in [5.74, 6) is 0.483. The van der Waals surface area contributed by atoms with Crippen LogP contribution in [0.2, 0.25) is 0 Å². The number of imidazole rings is 1. The Morgan fingerprint density at radius 2 is 2.46 bits per heavy atom. The zero-order valence-corrected chi connectivity index (χ0v) is 8.55. The molecule has 2 aromatic heterocycles. The maximum absolute atomic E-state index is 5.65. The minimum absolute atomic E-state index is 0.483. The molecular weight excluding hydrogens is 204 g/mol. The van der Waals surface area contributed by atoms with E-state index >= 15 is 0 Å². The van der Waals surface area contributed by atoms with Gasteiger partial charge in [-0.3, -0.25) is 0 Å². The number of thiophene rings is 1. The number of alkyl halides is 1. The van der Waals surface area contributed by atoms with Gasteiger partial charge in [0, 0.05) is 12.7 Å². The lowest BCUT2D eigenvalue weighted by Crippen LogP contribution is -1.93. The van der Waals surface area contributed by atoms with Crippen LogP contribution in [0.1, 0.15) is 11.3 Å². The molecule has 4 heteroatoms. The SMILES string of the molecule is ClCc1cn(Cc2ccsc2)cn1. The van der Waals surface area contributed by atoms with Crippen LogP contribution in [0.3, 0.4) is 0 Å². The fraction of sp³-hybridized carbons (Fsp3) is 0.222. The number of halogens is 1. The lowest BCUT2D eigenvalue weighted by molar-refractivity contribution is 0.799. The first-order chi connectivity index (χ1) is 6.38. The van der Waals surface area contributed by atoms with Gasteiger partial charge >= 0.3 is 0 Å². The Hall–Kier alpha value is -0.800. The first kappa shape index (κ1) is 8.78. The molecule has 68 valence electrons. The third-order valence-electron chi connectivity index (χ3n) is 1.77. The van der Waals surface area contributed by atoms with E-state index in [1.165, 1.54) is 5.56 Å². The predicted molar refractivity (Wildman–Crippen MR) is 55.2 cm³/mol. The van der Waals surface area contributed by atoms with Crippen molar-refractivity contribution < 1.29 is 0 Å². The summed E-state index contributed by atoms with van der Waals surface area (Å²) >= 11 is 7.36. The second kappa shape index (κ2) is 3.94. The molecule has 2 nitrogen and oxygen atoms in total. The standard InChI is InChI=1S/C9H9ClN2S/c10-3-9-5-12(7-11-9)4-8-1-2-13-6-8/h1-2,5-7H,3-4H2. The van der Waals surface area contributed by atoms with Gasteiger partial charge in [-0.05, 0) is 22.4 Å². The molecule has 13 heavy (non-hydrogen) atoms. The van der Waals surface area contributed by atoms with Crippen molar-refractivity contribution in [2.24, 2.45) is 0 Å². The van der Waals surface area contributed by atoms with Gasteiger partial charge in [-0.15, -0.1) is 11.6 Å². The molecule has 0 N–H and O–H groups in total. The lowest BCUT2D eigenvalue weighted by Gasteiger charge is -1.97. The summed E-state index contributed by atoms with van der Waals surface area (Å²) in [6, 6.07) is 2.12. The third kappa shape index (κ3) is 2.11. The van der Waals surface area contributed by atoms with Gasteiger partial charge in [0.2, 0.25) is 0 Å². The third-order valence-corrected chi connectivity index (χ3v) is 2.77. The largest absolute Gasteiger partial charge is 0.333 e. The molecule has 0 aliphatic rings. The molecule has 0 amide bonds. The smallest absolute Gasteiger partial charge is 0.0953 e. The highest BCUT2D eigenvalue weighted by molar-refractivity contribution is 7.07. The average Bonchev–Trinajstić information content (AvgIpc) is 2.76. The van der Waals surface area contributed by atoms with Crippen molar-refractivity contribution >= 4 is 22.9 Å². The number of aromatic nitrogens is 2. The van der Waals surface area contributed by atoms with Crippen LogP contribution in [0.4, 0.5) is 0 Å². The van der Waals surface area contributed by atoms with Gasteiger partial charge < -0.3 is 4.57 Å². The number of hydrogen-bond donors (Lipinski definition) is 0. The van der Waals surface area contributed by atoms with Gasteiger partial charge in [-0.2, -0.15) is 11.3 Å². The topological polar surface area (TPSA) is 17.8 Å². The molecule has 0 fully saturated rings. The van der Waals surface area contributed by atoms with Crippen LogP contribution in [0, 0.1) is 0 Å². The van der Waals surface area contributed by atoms with E-state index in [9.17, 15) is 0 Å². The van der Waals surface area contributed by atoms with E-state index in [4.69, 9.17) is 11.6 Å². The summed E-state index contributed by atoms with van der Waals surface area (Å²) in [6.07, 6.45) is 3.79. The Bertz CT molecular complexity index is 367. The summed E-state index contributed by atoms with van der Waals surface area (Å²) in [6.45, 7) is 0.882. The molecule has 0 radical (unpaired) electrons. The van der Waals surface area contributed by atoms with Gasteiger partial charge in [0.1, 0.15) is 0 Å². The molecule has 0 saturated carbocycles. The molecule has 0 aliphatic carbocycles. The van der Waals surface area contributed by atoms with Crippen molar-refractivity contribution in [3.8, 4) is 0 Å². The number of nitrogens with zero attached hydrogens (tertiary/aromatic N) is 2. The first-order valence-electron chi connectivity index (χ1n) is 3.96. The Morgan fingerprint density at radius 1 is 1.54 bits per heavy atom. The Morgan fingerprint density at radius 3 is 3.08 bits per heavy atom. The number of hydrogen-bond acceptors (Lipinski definition) is 2. The van der Waals surface area contributed by atoms with Crippen LogP contribution in [-0.2, 0) is 12.4 Å². The van der Waals surface area contributed by atoms with Gasteiger partial charge in [-0.1, -0.05) is 0 Å². The monoisotopic (exact) mass is 212 g/mol. The van der Waals surface area contributed by atoms with E-state index in [1.807, 2.05) is 17.1 Å². The van der Waals surface area contributed by atoms with Gasteiger partial charge in [-0.25, -0.2) is 4.98 Å². The Kier molecular flexibility index (Phi) is 2.66. The number of rotatable bonds is 3. The van der Waals surface area contributed by atoms with Crippen LogP contribution < -0.4 is 0 Å². The highest BCUT2D eigenvalue weighted by Gasteiger charge is 1.98. The minimum Gasteiger partial charge on any atom is -0.333 e. The minimum atomic E-state index is 0.483. The second-order valence-electron chi connectivity index (χ2n) is 2.80. The van der Waals surface area contributed by atoms with Gasteiger partial charge in [0.05, 0.1) is 17.9 Å². The summed E-state index contributed by atoms with van der Waals surface area (Å²) in [7, 11) is 0. The van der Waals surface area contributed by atoms with E-state index in [-0.39, 0.29) is 0 Å². The highest BCUT2D eigenvalue weighted by atomic mass is 35.5. The quantitative estimate of drug-likeness (QED) is 0.716. The Labute approximate surface area is 85.8 Å². The molecule has 0 atom stereocenters. The molecule has 0 aliphatic heterocycles. The van der Waals surface area contributed by atoms with Crippen LogP contribution in [-0.4, -0.2) is 9.55 Å². The van der Waals surface area contributed by atoms with Crippen LogP contribution in [0.5, 0.6) is 0 Å². The van der Waals surface area contributed by atoms with Crippen LogP contribution in [0.15, 0.2) is 29.4 Å². The zero-order valence-electron chi connectivity index (χ0n) is 6.98. The maximum atomic E-state index is 5.65. The van der Waals surface area contributed by atoms with E-state index in [2.05, 4.69) is 21.8 Å². The molecule has 0 aromatic carbocycles. The van der Waals surface area contributed by atoms with E-state index in [0.29, 0.717) is 5.88 Å². The molecule has 0 unspecified atom stereocenters. The fourth-order valence-corrected chi connectivity index (χ4v) is 1.95. The molecule has 0 spiro atoms. The summed E-state index contributed by atoms with van der Waals surface area (Å²) in [4.78, 5) is 4.15. The van der Waals surface area contributed by atoms with E-state index in [1.54, 1.807) is 11.3 Å². The lowest BCUT2D eigenvalue weighted by atomic mass is 10.3. The van der Waals surface area contributed by atoms with Crippen molar-refractivity contribution in [3.63, 3.8) is 0 Å². The maximum Gasteiger partial charge on any atom is 0.0953 e. The van der Waals surface area contributed by atoms with E-state index in [0.717, 1.165) is 12.2 Å². The molecule has 2 aromatic rings. The van der Waals surface area contributed by atoms with E-state index < -0.39 is 0 Å². The van der Waals surface area contributed by atoms with Crippen molar-refractivity contribution in [2.75, 3.05) is 0 Å². The molecule has 0 saturated heterocycles. The van der Waals surface area contributed by atoms with Crippen molar-refractivity contribution in [1.29, 1.82) is 0 Å². The molecule has 0 bridgehead atoms. The first-order valence-corrected chi connectivity index (χ1v) is 5.44. The Balaban J connectivity index is 2.10. The summed E-state index contributed by atoms with van der Waals surface area (Å²) in [5, 5.41) is 4.22. The molecule has 2 heterocycles. The average molecular weight is 213 g/mol. The van der Waals surface area contributed by atoms with Crippen LogP contribution in [0.25, 0.3) is 0 Å². The van der Waals surface area contributed by atoms with Crippen molar-refractivity contribution in [3.05, 3.63) is 40.6 Å². The van der Waals surface area contributed by atoms with Crippen LogP contribution >= 0.6 is 22.9 Å². The fourth-order valence-electron chi connectivity index (χ4n) is 1.16. The second-order valence-corrected chi connectivity index (χ2v) is 3.85. The molecular formula is C9H9ClN2S. The van der Waals surface area contributed by atoms with Gasteiger partial charge in [0.25, 0.3) is 0 Å². The zero-order chi connectivity index (χ0) is 9.10. The van der Waals surface area contributed by atoms with Crippen molar-refractivity contribution in [2.45, 2.75) is 12.4 Å². The highest BCUT2D eigenvalue weighted by Crippen LogP contribution is 2.09.